The van der Waals surface area contributed by atoms with Gasteiger partial charge in [0.15, 0.2) is 0 Å². The second kappa shape index (κ2) is 12.4. The first-order valence-corrected chi connectivity index (χ1v) is 12.4. The summed E-state index contributed by atoms with van der Waals surface area (Å²) in [5, 5.41) is 14.4. The average molecular weight is 446 g/mol. The SMILES string of the molecule is C=CS(=O)(=O)NCCCC[C@H]1CC(=O)N(C)CCCC(C)(O)CCCC(C)C(=O)N1. The highest BCUT2D eigenvalue weighted by Crippen LogP contribution is 2.22. The Labute approximate surface area is 181 Å². The summed E-state index contributed by atoms with van der Waals surface area (Å²) in [6.07, 6.45) is 5.53. The quantitative estimate of drug-likeness (QED) is 0.518. The molecular formula is C21H39N3O5S. The number of nitrogens with one attached hydrogen (secondary N) is 2. The third-order valence-electron chi connectivity index (χ3n) is 5.70. The summed E-state index contributed by atoms with van der Waals surface area (Å²) < 4.78 is 25.2. The van der Waals surface area contributed by atoms with Crippen molar-refractivity contribution in [2.75, 3.05) is 20.1 Å². The van der Waals surface area contributed by atoms with Gasteiger partial charge >= 0.3 is 0 Å². The fourth-order valence-electron chi connectivity index (χ4n) is 3.59. The molecule has 0 radical (unpaired) electrons. The van der Waals surface area contributed by atoms with Crippen LogP contribution < -0.4 is 10.0 Å². The zero-order chi connectivity index (χ0) is 22.8. The van der Waals surface area contributed by atoms with Gasteiger partial charge in [-0.15, -0.1) is 0 Å². The number of rotatable bonds is 7. The van der Waals surface area contributed by atoms with E-state index in [2.05, 4.69) is 16.6 Å². The lowest BCUT2D eigenvalue weighted by Gasteiger charge is -2.28. The fraction of sp³-hybridized carbons (Fsp3) is 0.810. The van der Waals surface area contributed by atoms with Gasteiger partial charge in [-0.05, 0) is 51.9 Å². The van der Waals surface area contributed by atoms with E-state index in [0.717, 1.165) is 18.2 Å². The number of amides is 2. The van der Waals surface area contributed by atoms with Gasteiger partial charge < -0.3 is 15.3 Å². The molecule has 1 rings (SSSR count). The highest BCUT2D eigenvalue weighted by atomic mass is 32.2. The van der Waals surface area contributed by atoms with Gasteiger partial charge in [-0.25, -0.2) is 13.1 Å². The molecule has 0 saturated carbocycles. The first-order valence-electron chi connectivity index (χ1n) is 10.8. The first-order chi connectivity index (χ1) is 14.0. The molecule has 1 saturated heterocycles. The largest absolute Gasteiger partial charge is 0.390 e. The molecule has 8 nitrogen and oxygen atoms in total. The molecule has 3 atom stereocenters. The summed E-state index contributed by atoms with van der Waals surface area (Å²) in [6, 6.07) is -0.281. The van der Waals surface area contributed by atoms with Crippen LogP contribution in [0.3, 0.4) is 0 Å². The standard InChI is InChI=1S/C21H39N3O5S/c1-5-30(28,29)22-14-7-6-11-18-16-19(25)24(4)15-9-13-21(3,27)12-8-10-17(2)20(26)23-18/h5,17-18,22,27H,1,6-16H2,2-4H3,(H,23,26)/t17?,18-,21?/m0/s1. The Morgan fingerprint density at radius 3 is 2.63 bits per heavy atom. The number of carbonyl (C=O) groups excluding carboxylic acids is 2. The van der Waals surface area contributed by atoms with E-state index >= 15 is 0 Å². The highest BCUT2D eigenvalue weighted by Gasteiger charge is 2.25. The predicted molar refractivity (Wildman–Crippen MR) is 118 cm³/mol. The zero-order valence-electron chi connectivity index (χ0n) is 18.7. The third-order valence-corrected chi connectivity index (χ3v) is 6.75. The molecule has 0 spiro atoms. The van der Waals surface area contributed by atoms with Crippen LogP contribution in [0.1, 0.15) is 71.6 Å². The van der Waals surface area contributed by atoms with Crippen LogP contribution in [0.2, 0.25) is 0 Å². The van der Waals surface area contributed by atoms with Crippen LogP contribution >= 0.6 is 0 Å². The molecule has 0 aromatic rings. The van der Waals surface area contributed by atoms with E-state index in [0.29, 0.717) is 51.6 Å². The second-order valence-corrected chi connectivity index (χ2v) is 10.4. The monoisotopic (exact) mass is 445 g/mol. The Bertz CT molecular complexity index is 646. The predicted octanol–water partition coefficient (Wildman–Crippen LogP) is 1.90. The Morgan fingerprint density at radius 2 is 1.97 bits per heavy atom. The lowest BCUT2D eigenvalue weighted by Crippen LogP contribution is -2.42. The molecule has 30 heavy (non-hydrogen) atoms. The molecule has 0 bridgehead atoms. The van der Waals surface area contributed by atoms with Crippen LogP contribution in [0.4, 0.5) is 0 Å². The molecule has 9 heteroatoms. The van der Waals surface area contributed by atoms with E-state index in [1.807, 2.05) is 13.8 Å². The van der Waals surface area contributed by atoms with Crippen molar-refractivity contribution in [1.82, 2.24) is 14.9 Å². The molecule has 2 amide bonds. The molecular weight excluding hydrogens is 406 g/mol. The lowest BCUT2D eigenvalue weighted by molar-refractivity contribution is -0.131. The van der Waals surface area contributed by atoms with Crippen molar-refractivity contribution in [3.8, 4) is 0 Å². The van der Waals surface area contributed by atoms with Gasteiger partial charge in [0.2, 0.25) is 21.8 Å². The summed E-state index contributed by atoms with van der Waals surface area (Å²) in [5.74, 6) is -0.324. The maximum atomic E-state index is 12.6. The first kappa shape index (κ1) is 26.6. The van der Waals surface area contributed by atoms with Crippen molar-refractivity contribution in [1.29, 1.82) is 0 Å². The maximum absolute atomic E-state index is 12.6. The van der Waals surface area contributed by atoms with E-state index in [1.54, 1.807) is 11.9 Å². The van der Waals surface area contributed by atoms with E-state index in [4.69, 9.17) is 0 Å². The number of aliphatic hydroxyl groups is 1. The number of nitrogens with zero attached hydrogens (tertiary/aromatic N) is 1. The molecule has 0 aliphatic carbocycles. The van der Waals surface area contributed by atoms with Crippen LogP contribution in [-0.4, -0.2) is 62.0 Å². The molecule has 1 aliphatic rings. The average Bonchev–Trinajstić information content (AvgIpc) is 2.66. The van der Waals surface area contributed by atoms with E-state index < -0.39 is 15.6 Å². The summed E-state index contributed by atoms with van der Waals surface area (Å²) in [4.78, 5) is 26.9. The summed E-state index contributed by atoms with van der Waals surface area (Å²) in [5.41, 5.74) is -0.778. The topological polar surface area (TPSA) is 116 Å². The van der Waals surface area contributed by atoms with Crippen molar-refractivity contribution in [2.24, 2.45) is 5.92 Å². The minimum Gasteiger partial charge on any atom is -0.390 e. The Morgan fingerprint density at radius 1 is 1.30 bits per heavy atom. The number of hydrogen-bond acceptors (Lipinski definition) is 5. The van der Waals surface area contributed by atoms with Gasteiger partial charge in [0.1, 0.15) is 0 Å². The van der Waals surface area contributed by atoms with E-state index in [1.165, 1.54) is 0 Å². The summed E-state index contributed by atoms with van der Waals surface area (Å²) in [7, 11) is -1.69. The summed E-state index contributed by atoms with van der Waals surface area (Å²) >= 11 is 0. The van der Waals surface area contributed by atoms with Crippen molar-refractivity contribution >= 4 is 21.8 Å². The third kappa shape index (κ3) is 10.5. The van der Waals surface area contributed by atoms with Crippen molar-refractivity contribution in [3.63, 3.8) is 0 Å². The Kier molecular flexibility index (Phi) is 11.0. The molecule has 1 aliphatic heterocycles. The van der Waals surface area contributed by atoms with E-state index in [-0.39, 0.29) is 30.2 Å². The molecule has 174 valence electrons. The molecule has 2 unspecified atom stereocenters. The van der Waals surface area contributed by atoms with Crippen LogP contribution in [-0.2, 0) is 19.6 Å². The van der Waals surface area contributed by atoms with Gasteiger partial charge in [0.05, 0.1) is 5.60 Å². The van der Waals surface area contributed by atoms with Crippen LogP contribution in [0, 0.1) is 5.92 Å². The number of unbranched alkanes of at least 4 members (excludes halogenated alkanes) is 1. The molecule has 3 N–H and O–H groups in total. The second-order valence-electron chi connectivity index (χ2n) is 8.72. The summed E-state index contributed by atoms with van der Waals surface area (Å²) in [6.45, 7) is 7.79. The molecule has 1 heterocycles. The minimum atomic E-state index is -3.43. The van der Waals surface area contributed by atoms with Gasteiger partial charge in [0, 0.05) is 43.9 Å². The molecule has 0 aromatic carbocycles. The normalized spacial score (nSPS) is 27.9. The fourth-order valence-corrected chi connectivity index (χ4v) is 4.14. The Hall–Kier alpha value is -1.45. The number of carbonyl (C=O) groups is 2. The lowest BCUT2D eigenvalue weighted by atomic mass is 9.91. The van der Waals surface area contributed by atoms with Gasteiger partial charge in [-0.3, -0.25) is 9.59 Å². The molecule has 1 fully saturated rings. The van der Waals surface area contributed by atoms with Crippen molar-refractivity contribution in [2.45, 2.75) is 83.3 Å². The van der Waals surface area contributed by atoms with Crippen molar-refractivity contribution in [3.05, 3.63) is 12.0 Å². The van der Waals surface area contributed by atoms with Gasteiger partial charge in [-0.1, -0.05) is 19.9 Å². The van der Waals surface area contributed by atoms with E-state index in [9.17, 15) is 23.1 Å². The highest BCUT2D eigenvalue weighted by molar-refractivity contribution is 7.92. The zero-order valence-corrected chi connectivity index (χ0v) is 19.5. The van der Waals surface area contributed by atoms with Crippen LogP contribution in [0.25, 0.3) is 0 Å². The minimum absolute atomic E-state index is 0.0444. The van der Waals surface area contributed by atoms with Crippen LogP contribution in [0.5, 0.6) is 0 Å². The van der Waals surface area contributed by atoms with Crippen molar-refractivity contribution < 1.29 is 23.1 Å². The van der Waals surface area contributed by atoms with Crippen LogP contribution in [0.15, 0.2) is 12.0 Å². The number of sulfonamides is 1. The molecule has 0 aromatic heterocycles. The van der Waals surface area contributed by atoms with Gasteiger partial charge in [0.25, 0.3) is 0 Å². The maximum Gasteiger partial charge on any atom is 0.233 e. The number of hydrogen-bond donors (Lipinski definition) is 3. The smallest absolute Gasteiger partial charge is 0.233 e. The Balaban J connectivity index is 2.69. The van der Waals surface area contributed by atoms with Gasteiger partial charge in [-0.2, -0.15) is 0 Å².